The van der Waals surface area contributed by atoms with Gasteiger partial charge in [-0.3, -0.25) is 4.98 Å². The fraction of sp³-hybridized carbons (Fsp3) is 0.370. The topological polar surface area (TPSA) is 72.3 Å². The molecule has 1 spiro atoms. The summed E-state index contributed by atoms with van der Waals surface area (Å²) < 4.78 is 2.07. The summed E-state index contributed by atoms with van der Waals surface area (Å²) in [6.45, 7) is 6.05. The van der Waals surface area contributed by atoms with E-state index in [4.69, 9.17) is 20.8 Å². The van der Waals surface area contributed by atoms with Crippen LogP contribution in [0.15, 0.2) is 54.8 Å². The first kappa shape index (κ1) is 20.4. The minimum atomic E-state index is 0.0677. The van der Waals surface area contributed by atoms with Gasteiger partial charge in [0, 0.05) is 30.5 Å². The second-order valence-corrected chi connectivity index (χ2v) is 9.70. The van der Waals surface area contributed by atoms with Crippen molar-refractivity contribution in [2.24, 2.45) is 11.1 Å². The van der Waals surface area contributed by atoms with E-state index >= 15 is 0 Å². The Balaban J connectivity index is 1.30. The molecule has 6 rings (SSSR count). The van der Waals surface area contributed by atoms with E-state index in [9.17, 15) is 0 Å². The second-order valence-electron chi connectivity index (χ2n) is 9.70. The Kier molecular flexibility index (Phi) is 4.73. The second kappa shape index (κ2) is 7.66. The number of pyridine rings is 1. The van der Waals surface area contributed by atoms with Crippen molar-refractivity contribution >= 4 is 16.9 Å². The number of rotatable bonds is 2. The first-order chi connectivity index (χ1) is 16.1. The normalized spacial score (nSPS) is 21.5. The van der Waals surface area contributed by atoms with Crippen LogP contribution in [0.3, 0.4) is 0 Å². The number of hydrogen-bond donors (Lipinski definition) is 1. The van der Waals surface area contributed by atoms with Gasteiger partial charge in [-0.2, -0.15) is 5.10 Å². The average Bonchev–Trinajstić information content (AvgIpc) is 3.27. The van der Waals surface area contributed by atoms with Crippen LogP contribution in [-0.2, 0) is 6.42 Å². The van der Waals surface area contributed by atoms with Gasteiger partial charge in [0.25, 0.3) is 0 Å². The lowest BCUT2D eigenvalue weighted by molar-refractivity contribution is 0.186. The van der Waals surface area contributed by atoms with Gasteiger partial charge in [-0.25, -0.2) is 9.50 Å². The van der Waals surface area contributed by atoms with Crippen LogP contribution in [0.1, 0.15) is 53.6 Å². The highest BCUT2D eigenvalue weighted by Gasteiger charge is 2.47. The van der Waals surface area contributed by atoms with Crippen molar-refractivity contribution in [1.82, 2.24) is 19.6 Å². The van der Waals surface area contributed by atoms with Crippen LogP contribution in [0.25, 0.3) is 11.1 Å². The lowest BCUT2D eigenvalue weighted by Crippen LogP contribution is -2.44. The molecule has 2 aliphatic carbocycles. The van der Waals surface area contributed by atoms with Crippen LogP contribution in [0, 0.1) is 19.3 Å². The summed E-state index contributed by atoms with van der Waals surface area (Å²) >= 11 is 0. The summed E-state index contributed by atoms with van der Waals surface area (Å²) in [6, 6.07) is 6.43. The predicted octanol–water partition coefficient (Wildman–Crippen LogP) is 4.48. The maximum absolute atomic E-state index is 6.80. The summed E-state index contributed by atoms with van der Waals surface area (Å²) in [7, 11) is 0. The maximum atomic E-state index is 6.80. The van der Waals surface area contributed by atoms with Gasteiger partial charge in [0.15, 0.2) is 5.82 Å². The molecule has 6 nitrogen and oxygen atoms in total. The molecule has 3 aromatic heterocycles. The Hall–Kier alpha value is -3.25. The van der Waals surface area contributed by atoms with E-state index in [1.54, 1.807) is 0 Å². The zero-order chi connectivity index (χ0) is 22.6. The van der Waals surface area contributed by atoms with Gasteiger partial charge in [-0.05, 0) is 68.2 Å². The van der Waals surface area contributed by atoms with Crippen LogP contribution < -0.4 is 10.6 Å². The lowest BCUT2D eigenvalue weighted by atomic mass is 9.73. The van der Waals surface area contributed by atoms with Crippen molar-refractivity contribution in [3.05, 3.63) is 83.1 Å². The molecular formula is C27H30N6. The SMILES string of the molecule is Cc1ccc2c(n1)CC1(CCN(c3nc(C)c(C4=CC=CC=CC4)n4nccc34)CC1)[C@@H]2N. The minimum absolute atomic E-state index is 0.0677. The first-order valence-electron chi connectivity index (χ1n) is 11.9. The monoisotopic (exact) mass is 438 g/mol. The molecule has 0 radical (unpaired) electrons. The van der Waals surface area contributed by atoms with Gasteiger partial charge in [-0.1, -0.05) is 36.4 Å². The molecular weight excluding hydrogens is 408 g/mol. The van der Waals surface area contributed by atoms with Crippen molar-refractivity contribution in [1.29, 1.82) is 0 Å². The molecule has 168 valence electrons. The molecule has 0 unspecified atom stereocenters. The van der Waals surface area contributed by atoms with Crippen LogP contribution in [0.5, 0.6) is 0 Å². The summed E-state index contributed by atoms with van der Waals surface area (Å²) in [5.41, 5.74) is 14.8. The summed E-state index contributed by atoms with van der Waals surface area (Å²) in [6.07, 6.45) is 16.4. The summed E-state index contributed by atoms with van der Waals surface area (Å²) in [5.74, 6) is 1.03. The first-order valence-corrected chi connectivity index (χ1v) is 11.9. The third kappa shape index (κ3) is 3.23. The molecule has 1 atom stereocenters. The van der Waals surface area contributed by atoms with E-state index in [0.29, 0.717) is 0 Å². The van der Waals surface area contributed by atoms with Crippen molar-refractivity contribution in [3.63, 3.8) is 0 Å². The van der Waals surface area contributed by atoms with Gasteiger partial charge in [0.05, 0.1) is 17.6 Å². The highest BCUT2D eigenvalue weighted by atomic mass is 15.3. The van der Waals surface area contributed by atoms with E-state index in [1.165, 1.54) is 16.8 Å². The fourth-order valence-corrected chi connectivity index (χ4v) is 5.90. The largest absolute Gasteiger partial charge is 0.355 e. The molecule has 2 N–H and O–H groups in total. The molecule has 0 bridgehead atoms. The van der Waals surface area contributed by atoms with E-state index in [-0.39, 0.29) is 11.5 Å². The number of nitrogens with zero attached hydrogens (tertiary/aromatic N) is 5. The number of piperidine rings is 1. The molecule has 33 heavy (non-hydrogen) atoms. The van der Waals surface area contributed by atoms with Crippen LogP contribution >= 0.6 is 0 Å². The highest BCUT2D eigenvalue weighted by molar-refractivity contribution is 5.76. The summed E-state index contributed by atoms with van der Waals surface area (Å²) in [5, 5.41) is 4.69. The zero-order valence-corrected chi connectivity index (χ0v) is 19.3. The molecule has 4 heterocycles. The van der Waals surface area contributed by atoms with Gasteiger partial charge in [0.1, 0.15) is 5.52 Å². The number of aromatic nitrogens is 4. The third-order valence-corrected chi connectivity index (χ3v) is 7.72. The van der Waals surface area contributed by atoms with E-state index in [1.807, 2.05) is 6.20 Å². The standard InChI is InChI=1S/C27H30N6/c1-18-9-10-21-22(30-18)17-27(25(21)28)12-15-32(16-13-27)26-23-11-14-29-33(23)24(19(2)31-26)20-7-5-3-4-6-8-20/h3-7,9-11,14,25H,8,12-13,15-17,28H2,1-2H3/t25-/m1/s1. The molecule has 0 aromatic carbocycles. The fourth-order valence-electron chi connectivity index (χ4n) is 5.90. The molecule has 1 aliphatic heterocycles. The van der Waals surface area contributed by atoms with Gasteiger partial charge >= 0.3 is 0 Å². The highest BCUT2D eigenvalue weighted by Crippen LogP contribution is 2.50. The number of allylic oxidation sites excluding steroid dienone is 6. The molecule has 6 heteroatoms. The quantitative estimate of drug-likeness (QED) is 0.639. The molecule has 1 fully saturated rings. The third-order valence-electron chi connectivity index (χ3n) is 7.72. The van der Waals surface area contributed by atoms with Gasteiger partial charge < -0.3 is 10.6 Å². The van der Waals surface area contributed by atoms with Crippen molar-refractivity contribution < 1.29 is 0 Å². The van der Waals surface area contributed by atoms with E-state index < -0.39 is 0 Å². The zero-order valence-electron chi connectivity index (χ0n) is 19.3. The Morgan fingerprint density at radius 3 is 2.73 bits per heavy atom. The van der Waals surface area contributed by atoms with Crippen LogP contribution in [0.2, 0.25) is 0 Å². The molecule has 0 amide bonds. The summed E-state index contributed by atoms with van der Waals surface area (Å²) in [4.78, 5) is 12.4. The smallest absolute Gasteiger partial charge is 0.155 e. The Morgan fingerprint density at radius 1 is 1.03 bits per heavy atom. The van der Waals surface area contributed by atoms with Crippen LogP contribution in [-0.4, -0.2) is 32.7 Å². The van der Waals surface area contributed by atoms with E-state index in [2.05, 4.69) is 71.8 Å². The van der Waals surface area contributed by atoms with Crippen molar-refractivity contribution in [2.75, 3.05) is 18.0 Å². The van der Waals surface area contributed by atoms with E-state index in [0.717, 1.165) is 67.2 Å². The van der Waals surface area contributed by atoms with Gasteiger partial charge in [0.2, 0.25) is 0 Å². The molecule has 1 saturated heterocycles. The van der Waals surface area contributed by atoms with Gasteiger partial charge in [-0.15, -0.1) is 0 Å². The number of fused-ring (bicyclic) bond motifs is 2. The molecule has 3 aromatic rings. The Labute approximate surface area is 194 Å². The Bertz CT molecular complexity index is 1320. The van der Waals surface area contributed by atoms with Crippen molar-refractivity contribution in [3.8, 4) is 0 Å². The number of anilines is 1. The predicted molar refractivity (Wildman–Crippen MR) is 132 cm³/mol. The molecule has 0 saturated carbocycles. The van der Waals surface area contributed by atoms with Crippen molar-refractivity contribution in [2.45, 2.75) is 45.6 Å². The number of nitrogens with two attached hydrogens (primary N) is 1. The Morgan fingerprint density at radius 2 is 1.88 bits per heavy atom. The van der Waals surface area contributed by atoms with Crippen LogP contribution in [0.4, 0.5) is 5.82 Å². The average molecular weight is 439 g/mol. The lowest BCUT2D eigenvalue weighted by Gasteiger charge is -2.42. The minimum Gasteiger partial charge on any atom is -0.355 e. The number of aryl methyl sites for hydroxylation is 2. The molecule has 3 aliphatic rings. The number of hydrogen-bond acceptors (Lipinski definition) is 5. The maximum Gasteiger partial charge on any atom is 0.155 e.